The van der Waals surface area contributed by atoms with E-state index in [4.69, 9.17) is 4.74 Å². The molecule has 0 N–H and O–H groups in total. The summed E-state index contributed by atoms with van der Waals surface area (Å²) in [4.78, 5) is 17.7. The van der Waals surface area contributed by atoms with Gasteiger partial charge in [0.2, 0.25) is 11.7 Å². The van der Waals surface area contributed by atoms with Gasteiger partial charge in [0.25, 0.3) is 0 Å². The largest absolute Gasteiger partial charge is 0.471 e. The quantitative estimate of drug-likeness (QED) is 0.733. The van der Waals surface area contributed by atoms with Gasteiger partial charge in [-0.15, -0.1) is 0 Å². The molecule has 1 aliphatic carbocycles. The summed E-state index contributed by atoms with van der Waals surface area (Å²) in [6.45, 7) is 3.38. The second-order valence-electron chi connectivity index (χ2n) is 6.69. The van der Waals surface area contributed by atoms with Crippen molar-refractivity contribution in [3.05, 3.63) is 35.7 Å². The Kier molecular flexibility index (Phi) is 5.50. The van der Waals surface area contributed by atoms with Crippen molar-refractivity contribution in [3.63, 3.8) is 0 Å². The molecule has 1 aromatic carbocycles. The monoisotopic (exact) mass is 383 g/mol. The molecule has 6 nitrogen and oxygen atoms in total. The highest BCUT2D eigenvalue weighted by molar-refractivity contribution is 5.81. The standard InChI is InChI=1S/C18H20F3N3O3/c1-11-9-14(11)16(25)24(7-8-26-2)10-12-3-5-13(6-4-12)15-22-17(27-23-15)18(19,20)21/h3-6,11,14H,7-10H2,1-2H3. The summed E-state index contributed by atoms with van der Waals surface area (Å²) in [5.74, 6) is -0.923. The SMILES string of the molecule is COCCN(Cc1ccc(-c2noc(C(F)(F)F)n2)cc1)C(=O)C1CC1C. The number of carbonyl (C=O) groups excluding carboxylic acids is 1. The zero-order valence-corrected chi connectivity index (χ0v) is 15.0. The molecule has 146 valence electrons. The Bertz CT molecular complexity index is 789. The summed E-state index contributed by atoms with van der Waals surface area (Å²) in [5.41, 5.74) is 1.26. The normalized spacial score (nSPS) is 19.1. The molecule has 27 heavy (non-hydrogen) atoms. The van der Waals surface area contributed by atoms with Crippen LogP contribution in [0.1, 0.15) is 24.8 Å². The van der Waals surface area contributed by atoms with Crippen molar-refractivity contribution >= 4 is 5.91 Å². The predicted octanol–water partition coefficient (Wildman–Crippen LogP) is 3.39. The molecule has 2 atom stereocenters. The molecule has 9 heteroatoms. The van der Waals surface area contributed by atoms with Crippen LogP contribution >= 0.6 is 0 Å². The molecule has 0 spiro atoms. The molecule has 1 saturated carbocycles. The van der Waals surface area contributed by atoms with E-state index in [0.717, 1.165) is 12.0 Å². The number of amides is 1. The topological polar surface area (TPSA) is 68.5 Å². The van der Waals surface area contributed by atoms with Crippen LogP contribution in [0.15, 0.2) is 28.8 Å². The molecular formula is C18H20F3N3O3. The molecule has 0 radical (unpaired) electrons. The van der Waals surface area contributed by atoms with E-state index in [2.05, 4.69) is 14.7 Å². The summed E-state index contributed by atoms with van der Waals surface area (Å²) >= 11 is 0. The highest BCUT2D eigenvalue weighted by Crippen LogP contribution is 2.39. The molecule has 0 saturated heterocycles. The minimum absolute atomic E-state index is 0.0706. The predicted molar refractivity (Wildman–Crippen MR) is 89.3 cm³/mol. The summed E-state index contributed by atoms with van der Waals surface area (Å²) < 4.78 is 47.0. The van der Waals surface area contributed by atoms with Crippen molar-refractivity contribution in [3.8, 4) is 11.4 Å². The van der Waals surface area contributed by atoms with Gasteiger partial charge < -0.3 is 14.2 Å². The molecule has 0 bridgehead atoms. The van der Waals surface area contributed by atoms with Crippen LogP contribution in [-0.2, 0) is 22.3 Å². The van der Waals surface area contributed by atoms with Gasteiger partial charge in [-0.3, -0.25) is 4.79 Å². The Morgan fingerprint density at radius 1 is 1.33 bits per heavy atom. The number of ether oxygens (including phenoxy) is 1. The number of halogens is 3. The molecule has 0 aliphatic heterocycles. The van der Waals surface area contributed by atoms with Crippen LogP contribution < -0.4 is 0 Å². The van der Waals surface area contributed by atoms with Gasteiger partial charge in [0.05, 0.1) is 6.61 Å². The molecule has 1 heterocycles. The molecule has 2 unspecified atom stereocenters. The number of aromatic nitrogens is 2. The Labute approximate surface area is 154 Å². The number of rotatable bonds is 7. The smallest absolute Gasteiger partial charge is 0.383 e. The molecular weight excluding hydrogens is 363 g/mol. The first kappa shape index (κ1) is 19.3. The van der Waals surface area contributed by atoms with Crippen LogP contribution in [0.3, 0.4) is 0 Å². The minimum Gasteiger partial charge on any atom is -0.383 e. The van der Waals surface area contributed by atoms with Crippen LogP contribution in [0, 0.1) is 11.8 Å². The van der Waals surface area contributed by atoms with Gasteiger partial charge in [-0.25, -0.2) is 0 Å². The summed E-state index contributed by atoms with van der Waals surface area (Å²) in [7, 11) is 1.58. The van der Waals surface area contributed by atoms with Crippen molar-refractivity contribution in [2.45, 2.75) is 26.1 Å². The van der Waals surface area contributed by atoms with Crippen molar-refractivity contribution in [2.75, 3.05) is 20.3 Å². The Hall–Kier alpha value is -2.42. The summed E-state index contributed by atoms with van der Waals surface area (Å²) in [5, 5.41) is 3.36. The van der Waals surface area contributed by atoms with E-state index in [0.29, 0.717) is 31.2 Å². The van der Waals surface area contributed by atoms with E-state index in [1.54, 1.807) is 36.3 Å². The number of nitrogens with zero attached hydrogens (tertiary/aromatic N) is 3. The lowest BCUT2D eigenvalue weighted by Crippen LogP contribution is -2.34. The highest BCUT2D eigenvalue weighted by Gasteiger charge is 2.41. The Morgan fingerprint density at radius 3 is 2.52 bits per heavy atom. The fraction of sp³-hybridized carbons (Fsp3) is 0.500. The van der Waals surface area contributed by atoms with E-state index in [-0.39, 0.29) is 17.6 Å². The number of carbonyl (C=O) groups is 1. The average molecular weight is 383 g/mol. The molecule has 1 aliphatic rings. The Morgan fingerprint density at radius 2 is 2.00 bits per heavy atom. The summed E-state index contributed by atoms with van der Waals surface area (Å²) in [6.07, 6.45) is -3.77. The first-order chi connectivity index (χ1) is 12.8. The maximum Gasteiger partial charge on any atom is 0.471 e. The lowest BCUT2D eigenvalue weighted by molar-refractivity contribution is -0.159. The van der Waals surface area contributed by atoms with Gasteiger partial charge in [0.15, 0.2) is 0 Å². The van der Waals surface area contributed by atoms with Crippen LogP contribution in [0.2, 0.25) is 0 Å². The van der Waals surface area contributed by atoms with Gasteiger partial charge in [-0.05, 0) is 17.9 Å². The molecule has 1 amide bonds. The second kappa shape index (κ2) is 7.67. The Balaban J connectivity index is 1.69. The van der Waals surface area contributed by atoms with Crippen LogP contribution in [0.5, 0.6) is 0 Å². The van der Waals surface area contributed by atoms with E-state index < -0.39 is 12.1 Å². The fourth-order valence-electron chi connectivity index (χ4n) is 2.80. The third-order valence-electron chi connectivity index (χ3n) is 4.56. The van der Waals surface area contributed by atoms with Crippen molar-refractivity contribution in [1.82, 2.24) is 15.0 Å². The van der Waals surface area contributed by atoms with Crippen molar-refractivity contribution < 1.29 is 27.2 Å². The summed E-state index contributed by atoms with van der Waals surface area (Å²) in [6, 6.07) is 6.70. The van der Waals surface area contributed by atoms with E-state index in [1.165, 1.54) is 0 Å². The molecule has 1 aromatic heterocycles. The maximum atomic E-state index is 12.6. The number of hydrogen-bond acceptors (Lipinski definition) is 5. The van der Waals surface area contributed by atoms with Crippen LogP contribution in [0.25, 0.3) is 11.4 Å². The van der Waals surface area contributed by atoms with Gasteiger partial charge >= 0.3 is 12.1 Å². The first-order valence-corrected chi connectivity index (χ1v) is 8.57. The lowest BCUT2D eigenvalue weighted by Gasteiger charge is -2.23. The zero-order valence-electron chi connectivity index (χ0n) is 15.0. The fourth-order valence-corrected chi connectivity index (χ4v) is 2.80. The highest BCUT2D eigenvalue weighted by atomic mass is 19.4. The van der Waals surface area contributed by atoms with Crippen LogP contribution in [0.4, 0.5) is 13.2 Å². The number of benzene rings is 1. The third kappa shape index (κ3) is 4.65. The molecule has 1 fully saturated rings. The van der Waals surface area contributed by atoms with Gasteiger partial charge in [-0.1, -0.05) is 36.3 Å². The maximum absolute atomic E-state index is 12.6. The van der Waals surface area contributed by atoms with Gasteiger partial charge in [0, 0.05) is 31.7 Å². The molecule has 2 aromatic rings. The number of hydrogen-bond donors (Lipinski definition) is 0. The number of alkyl halides is 3. The zero-order chi connectivity index (χ0) is 19.6. The van der Waals surface area contributed by atoms with Gasteiger partial charge in [-0.2, -0.15) is 18.2 Å². The lowest BCUT2D eigenvalue weighted by atomic mass is 10.1. The van der Waals surface area contributed by atoms with Crippen molar-refractivity contribution in [2.24, 2.45) is 11.8 Å². The first-order valence-electron chi connectivity index (χ1n) is 8.57. The van der Waals surface area contributed by atoms with E-state index in [9.17, 15) is 18.0 Å². The third-order valence-corrected chi connectivity index (χ3v) is 4.56. The average Bonchev–Trinajstić information content (AvgIpc) is 3.15. The second-order valence-corrected chi connectivity index (χ2v) is 6.69. The van der Waals surface area contributed by atoms with E-state index in [1.807, 2.05) is 6.92 Å². The van der Waals surface area contributed by atoms with E-state index >= 15 is 0 Å². The van der Waals surface area contributed by atoms with Crippen molar-refractivity contribution in [1.29, 1.82) is 0 Å². The minimum atomic E-state index is -4.67. The number of methoxy groups -OCH3 is 1. The molecule has 3 rings (SSSR count). The van der Waals surface area contributed by atoms with Crippen LogP contribution in [-0.4, -0.2) is 41.2 Å². The van der Waals surface area contributed by atoms with Gasteiger partial charge in [0.1, 0.15) is 0 Å².